The molecule has 0 aliphatic heterocycles. The maximum absolute atomic E-state index is 6.10. The monoisotopic (exact) mass is 313 g/mol. The van der Waals surface area contributed by atoms with E-state index in [1.807, 2.05) is 12.1 Å². The fourth-order valence-corrected chi connectivity index (χ4v) is 3.91. The van der Waals surface area contributed by atoms with Crippen LogP contribution < -0.4 is 0 Å². The lowest BCUT2D eigenvalue weighted by molar-refractivity contribution is 0.423. The fraction of sp³-hybridized carbons (Fsp3) is 0.182. The summed E-state index contributed by atoms with van der Waals surface area (Å²) in [5, 5.41) is 4.91. The van der Waals surface area contributed by atoms with Crippen LogP contribution in [0, 0.1) is 0 Å². The molecule has 0 spiro atoms. The first-order chi connectivity index (χ1) is 11.5. The van der Waals surface area contributed by atoms with Crippen molar-refractivity contribution < 1.29 is 4.42 Å². The Morgan fingerprint density at radius 2 is 1.38 bits per heavy atom. The standard InChI is InChI=1S/C22H19NO/c1-22(2,3)23-18-10-6-4-8-14(18)16-13-21-17(12-19(16)23)15-9-5-7-11-20(15)24-21/h4-13H,1-3H3. The van der Waals surface area contributed by atoms with Crippen LogP contribution in [-0.4, -0.2) is 4.57 Å². The summed E-state index contributed by atoms with van der Waals surface area (Å²) in [5.41, 5.74) is 4.46. The Morgan fingerprint density at radius 3 is 2.17 bits per heavy atom. The van der Waals surface area contributed by atoms with Crippen LogP contribution >= 0.6 is 0 Å². The third kappa shape index (κ3) is 1.71. The Labute approximate surface area is 140 Å². The van der Waals surface area contributed by atoms with Crippen LogP contribution in [0.25, 0.3) is 43.7 Å². The van der Waals surface area contributed by atoms with Crippen molar-refractivity contribution in [2.75, 3.05) is 0 Å². The van der Waals surface area contributed by atoms with Crippen LogP contribution in [-0.2, 0) is 5.54 Å². The van der Waals surface area contributed by atoms with E-state index in [1.165, 1.54) is 32.6 Å². The summed E-state index contributed by atoms with van der Waals surface area (Å²) in [6.45, 7) is 6.78. The molecular formula is C22H19NO. The van der Waals surface area contributed by atoms with Crippen LogP contribution in [0.1, 0.15) is 20.8 Å². The van der Waals surface area contributed by atoms with E-state index in [2.05, 4.69) is 73.9 Å². The number of rotatable bonds is 0. The van der Waals surface area contributed by atoms with Crippen molar-refractivity contribution in [1.82, 2.24) is 4.57 Å². The number of aromatic nitrogens is 1. The highest BCUT2D eigenvalue weighted by Gasteiger charge is 2.21. The minimum Gasteiger partial charge on any atom is -0.456 e. The summed E-state index contributed by atoms with van der Waals surface area (Å²) in [5.74, 6) is 0. The summed E-state index contributed by atoms with van der Waals surface area (Å²) in [4.78, 5) is 0. The quantitative estimate of drug-likeness (QED) is 0.321. The van der Waals surface area contributed by atoms with Gasteiger partial charge in [0.15, 0.2) is 0 Å². The van der Waals surface area contributed by atoms with Gasteiger partial charge < -0.3 is 8.98 Å². The van der Waals surface area contributed by atoms with Crippen molar-refractivity contribution >= 4 is 43.7 Å². The minimum atomic E-state index is 0.00850. The molecule has 0 fully saturated rings. The average molecular weight is 313 g/mol. The predicted octanol–water partition coefficient (Wildman–Crippen LogP) is 6.45. The number of hydrogen-bond donors (Lipinski definition) is 0. The summed E-state index contributed by atoms with van der Waals surface area (Å²) in [7, 11) is 0. The van der Waals surface area contributed by atoms with Gasteiger partial charge in [-0.2, -0.15) is 0 Å². The van der Waals surface area contributed by atoms with Gasteiger partial charge in [0.05, 0.1) is 5.52 Å². The second-order valence-corrected chi connectivity index (χ2v) is 7.49. The Morgan fingerprint density at radius 1 is 0.667 bits per heavy atom. The lowest BCUT2D eigenvalue weighted by atomic mass is 10.1. The van der Waals surface area contributed by atoms with Gasteiger partial charge in [-0.05, 0) is 45.0 Å². The van der Waals surface area contributed by atoms with Crippen LogP contribution in [0.2, 0.25) is 0 Å². The Balaban J connectivity index is 2.06. The van der Waals surface area contributed by atoms with Crippen LogP contribution in [0.3, 0.4) is 0 Å². The highest BCUT2D eigenvalue weighted by molar-refractivity contribution is 6.16. The van der Waals surface area contributed by atoms with E-state index < -0.39 is 0 Å². The molecule has 0 unspecified atom stereocenters. The van der Waals surface area contributed by atoms with Gasteiger partial charge in [0.1, 0.15) is 11.2 Å². The molecule has 0 aliphatic carbocycles. The minimum absolute atomic E-state index is 0.00850. The normalized spacial score (nSPS) is 12.8. The molecule has 2 aromatic heterocycles. The van der Waals surface area contributed by atoms with Gasteiger partial charge >= 0.3 is 0 Å². The highest BCUT2D eigenvalue weighted by Crippen LogP contribution is 2.38. The van der Waals surface area contributed by atoms with Crippen molar-refractivity contribution in [3.05, 3.63) is 60.7 Å². The number of furan rings is 1. The molecular weight excluding hydrogens is 294 g/mol. The molecule has 0 bridgehead atoms. The molecule has 2 nitrogen and oxygen atoms in total. The van der Waals surface area contributed by atoms with Gasteiger partial charge in [0.25, 0.3) is 0 Å². The molecule has 118 valence electrons. The van der Waals surface area contributed by atoms with E-state index in [4.69, 9.17) is 4.42 Å². The van der Waals surface area contributed by atoms with Crippen LogP contribution in [0.15, 0.2) is 65.1 Å². The smallest absolute Gasteiger partial charge is 0.136 e. The zero-order valence-corrected chi connectivity index (χ0v) is 14.1. The lowest BCUT2D eigenvalue weighted by Crippen LogP contribution is -2.21. The largest absolute Gasteiger partial charge is 0.456 e. The van der Waals surface area contributed by atoms with Crippen molar-refractivity contribution in [2.24, 2.45) is 0 Å². The summed E-state index contributed by atoms with van der Waals surface area (Å²) in [6.07, 6.45) is 0. The van der Waals surface area contributed by atoms with Gasteiger partial charge in [0.2, 0.25) is 0 Å². The summed E-state index contributed by atoms with van der Waals surface area (Å²) >= 11 is 0. The second kappa shape index (κ2) is 4.41. The van der Waals surface area contributed by atoms with Gasteiger partial charge in [-0.15, -0.1) is 0 Å². The Kier molecular flexibility index (Phi) is 2.52. The topological polar surface area (TPSA) is 18.1 Å². The van der Waals surface area contributed by atoms with E-state index >= 15 is 0 Å². The van der Waals surface area contributed by atoms with Crippen molar-refractivity contribution in [1.29, 1.82) is 0 Å². The maximum Gasteiger partial charge on any atom is 0.136 e. The van der Waals surface area contributed by atoms with Gasteiger partial charge in [0, 0.05) is 32.6 Å². The fourth-order valence-electron chi connectivity index (χ4n) is 3.91. The molecule has 0 radical (unpaired) electrons. The molecule has 0 N–H and O–H groups in total. The van der Waals surface area contributed by atoms with Gasteiger partial charge in [-0.3, -0.25) is 0 Å². The molecule has 0 atom stereocenters. The van der Waals surface area contributed by atoms with E-state index in [0.29, 0.717) is 0 Å². The molecule has 24 heavy (non-hydrogen) atoms. The number of para-hydroxylation sites is 2. The zero-order chi connectivity index (χ0) is 16.5. The Bertz CT molecular complexity index is 1230. The first-order valence-electron chi connectivity index (χ1n) is 8.39. The average Bonchev–Trinajstić information content (AvgIpc) is 3.07. The number of nitrogens with zero attached hydrogens (tertiary/aromatic N) is 1. The molecule has 0 saturated heterocycles. The third-order valence-electron chi connectivity index (χ3n) is 4.84. The number of hydrogen-bond acceptors (Lipinski definition) is 1. The molecule has 0 amide bonds. The first kappa shape index (κ1) is 13.7. The molecule has 2 heteroatoms. The maximum atomic E-state index is 6.10. The zero-order valence-electron chi connectivity index (χ0n) is 14.1. The summed E-state index contributed by atoms with van der Waals surface area (Å²) < 4.78 is 8.54. The third-order valence-corrected chi connectivity index (χ3v) is 4.84. The molecule has 5 aromatic rings. The molecule has 2 heterocycles. The molecule has 5 rings (SSSR count). The van der Waals surface area contributed by atoms with E-state index in [-0.39, 0.29) is 5.54 Å². The van der Waals surface area contributed by atoms with Crippen molar-refractivity contribution in [3.63, 3.8) is 0 Å². The van der Waals surface area contributed by atoms with Crippen molar-refractivity contribution in [2.45, 2.75) is 26.3 Å². The second-order valence-electron chi connectivity index (χ2n) is 7.49. The molecule has 3 aromatic carbocycles. The van der Waals surface area contributed by atoms with Crippen LogP contribution in [0.5, 0.6) is 0 Å². The van der Waals surface area contributed by atoms with Crippen LogP contribution in [0.4, 0.5) is 0 Å². The highest BCUT2D eigenvalue weighted by atomic mass is 16.3. The molecule has 0 saturated carbocycles. The van der Waals surface area contributed by atoms with E-state index in [9.17, 15) is 0 Å². The van der Waals surface area contributed by atoms with Gasteiger partial charge in [-0.25, -0.2) is 0 Å². The van der Waals surface area contributed by atoms with E-state index in [1.54, 1.807) is 0 Å². The van der Waals surface area contributed by atoms with Gasteiger partial charge in [-0.1, -0.05) is 36.4 Å². The number of benzene rings is 3. The predicted molar refractivity (Wildman–Crippen MR) is 102 cm³/mol. The first-order valence-corrected chi connectivity index (χ1v) is 8.39. The SMILES string of the molecule is CC(C)(C)n1c2ccccc2c2cc3oc4ccccc4c3cc21. The Hall–Kier alpha value is -2.74. The molecule has 0 aliphatic rings. The van der Waals surface area contributed by atoms with E-state index in [0.717, 1.165) is 11.2 Å². The lowest BCUT2D eigenvalue weighted by Gasteiger charge is -2.24. The number of fused-ring (bicyclic) bond motifs is 6. The van der Waals surface area contributed by atoms with Crippen molar-refractivity contribution in [3.8, 4) is 0 Å². The summed E-state index contributed by atoms with van der Waals surface area (Å²) in [6, 6.07) is 21.4.